The molecule has 0 saturated carbocycles. The van der Waals surface area contributed by atoms with Gasteiger partial charge >= 0.3 is 125 Å². The van der Waals surface area contributed by atoms with Crippen LogP contribution in [0.4, 0.5) is 0 Å². The summed E-state index contributed by atoms with van der Waals surface area (Å²) < 4.78 is 1.57. The van der Waals surface area contributed by atoms with Crippen LogP contribution < -0.4 is 0 Å². The molecule has 0 atom stereocenters. The van der Waals surface area contributed by atoms with Crippen molar-refractivity contribution in [2.45, 2.75) is 64.9 Å². The third kappa shape index (κ3) is 2.22. The molecule has 0 spiro atoms. The van der Waals surface area contributed by atoms with Gasteiger partial charge in [0.25, 0.3) is 0 Å². The Kier molecular flexibility index (Phi) is 4.02. The van der Waals surface area contributed by atoms with Gasteiger partial charge in [-0.25, -0.2) is 0 Å². The molecule has 0 amide bonds. The molecule has 2 aliphatic rings. The molecule has 0 nitrogen and oxygen atoms in total. The predicted molar refractivity (Wildman–Crippen MR) is 86.8 cm³/mol. The van der Waals surface area contributed by atoms with E-state index in [2.05, 4.69) is 55.4 Å². The van der Waals surface area contributed by atoms with Gasteiger partial charge in [-0.3, -0.25) is 0 Å². The summed E-state index contributed by atoms with van der Waals surface area (Å²) >= 11 is -0.0396. The zero-order valence-corrected chi connectivity index (χ0v) is 15.8. The fraction of sp³-hybridized carbons (Fsp3) is 0.556. The Morgan fingerprint density at radius 1 is 0.474 bits per heavy atom. The minimum absolute atomic E-state index is 0.0396. The van der Waals surface area contributed by atoms with Crippen LogP contribution in [0.3, 0.4) is 0 Å². The standard InChI is InChI=1S/C18H26Ge/c1-9-10(2)14(6)17(13(9)5)19-18-15(7)11(3)12(4)16(18)8/h17-18H,1-8H3. The van der Waals surface area contributed by atoms with Crippen LogP contribution in [0.5, 0.6) is 0 Å². The zero-order chi connectivity index (χ0) is 14.5. The molecule has 0 bridgehead atoms. The number of hydrogen-bond acceptors (Lipinski definition) is 0. The van der Waals surface area contributed by atoms with Gasteiger partial charge in [0.15, 0.2) is 0 Å². The molecular formula is C18H26Ge. The van der Waals surface area contributed by atoms with Crippen LogP contribution in [0.15, 0.2) is 44.6 Å². The van der Waals surface area contributed by atoms with E-state index in [4.69, 9.17) is 0 Å². The van der Waals surface area contributed by atoms with Crippen molar-refractivity contribution in [2.24, 2.45) is 0 Å². The van der Waals surface area contributed by atoms with Crippen LogP contribution in [0.25, 0.3) is 0 Å². The van der Waals surface area contributed by atoms with Crippen molar-refractivity contribution in [3.05, 3.63) is 44.6 Å². The van der Waals surface area contributed by atoms with Crippen LogP contribution in [0.2, 0.25) is 9.50 Å². The van der Waals surface area contributed by atoms with Crippen LogP contribution in [-0.4, -0.2) is 15.4 Å². The molecule has 19 heavy (non-hydrogen) atoms. The SMILES string of the molecule is CC1=C(C)[CH]([Ge][CH]2C(C)=C(C)C(C)=C2C)C(C)=C1C. The summed E-state index contributed by atoms with van der Waals surface area (Å²) in [4.78, 5) is 0. The van der Waals surface area contributed by atoms with Crippen molar-refractivity contribution in [2.75, 3.05) is 0 Å². The summed E-state index contributed by atoms with van der Waals surface area (Å²) in [6.07, 6.45) is 0. The molecule has 0 aliphatic heterocycles. The first kappa shape index (κ1) is 14.9. The van der Waals surface area contributed by atoms with Crippen LogP contribution >= 0.6 is 0 Å². The van der Waals surface area contributed by atoms with Crippen molar-refractivity contribution in [3.8, 4) is 0 Å². The number of allylic oxidation sites excluding steroid dienone is 8. The van der Waals surface area contributed by atoms with E-state index in [1.807, 2.05) is 0 Å². The van der Waals surface area contributed by atoms with Gasteiger partial charge in [0.05, 0.1) is 0 Å². The van der Waals surface area contributed by atoms with Crippen LogP contribution in [0.1, 0.15) is 55.4 Å². The van der Waals surface area contributed by atoms with Crippen molar-refractivity contribution in [1.29, 1.82) is 0 Å². The maximum atomic E-state index is 2.36. The maximum absolute atomic E-state index is 2.36. The van der Waals surface area contributed by atoms with E-state index < -0.39 is 0 Å². The summed E-state index contributed by atoms with van der Waals surface area (Å²) in [5.41, 5.74) is 12.8. The van der Waals surface area contributed by atoms with E-state index in [1.165, 1.54) is 0 Å². The van der Waals surface area contributed by atoms with E-state index >= 15 is 0 Å². The third-order valence-electron chi connectivity index (χ3n) is 5.56. The Bertz CT molecular complexity index is 454. The predicted octanol–water partition coefficient (Wildman–Crippen LogP) is 5.64. The van der Waals surface area contributed by atoms with Crippen molar-refractivity contribution >= 4 is 15.4 Å². The van der Waals surface area contributed by atoms with E-state index in [0.717, 1.165) is 9.50 Å². The van der Waals surface area contributed by atoms with Gasteiger partial charge in [-0.1, -0.05) is 0 Å². The molecule has 1 heteroatoms. The second kappa shape index (κ2) is 5.12. The Hall–Kier alpha value is -0.497. The fourth-order valence-corrected chi connectivity index (χ4v) is 7.98. The van der Waals surface area contributed by atoms with Crippen molar-refractivity contribution < 1.29 is 0 Å². The topological polar surface area (TPSA) is 0 Å². The Morgan fingerprint density at radius 3 is 0.895 bits per heavy atom. The van der Waals surface area contributed by atoms with Gasteiger partial charge in [0.2, 0.25) is 0 Å². The van der Waals surface area contributed by atoms with E-state index in [1.54, 1.807) is 44.6 Å². The summed E-state index contributed by atoms with van der Waals surface area (Å²) in [6, 6.07) is 0. The normalized spacial score (nSPS) is 22.7. The molecule has 2 rings (SSSR count). The molecule has 0 unspecified atom stereocenters. The summed E-state index contributed by atoms with van der Waals surface area (Å²) in [7, 11) is 0. The number of hydrogen-bond donors (Lipinski definition) is 0. The van der Waals surface area contributed by atoms with Gasteiger partial charge in [0, 0.05) is 0 Å². The molecule has 0 heterocycles. The molecule has 0 N–H and O–H groups in total. The molecular weight excluding hydrogens is 289 g/mol. The van der Waals surface area contributed by atoms with Crippen molar-refractivity contribution in [3.63, 3.8) is 0 Å². The van der Waals surface area contributed by atoms with Gasteiger partial charge in [0.1, 0.15) is 0 Å². The molecule has 0 fully saturated rings. The van der Waals surface area contributed by atoms with Crippen molar-refractivity contribution in [1.82, 2.24) is 0 Å². The first-order chi connectivity index (χ1) is 8.77. The quantitative estimate of drug-likeness (QED) is 0.578. The summed E-state index contributed by atoms with van der Waals surface area (Å²) in [5.74, 6) is 0. The molecule has 102 valence electrons. The average molecular weight is 315 g/mol. The first-order valence-corrected chi connectivity index (χ1v) is 9.65. The third-order valence-corrected chi connectivity index (χ3v) is 10.6. The van der Waals surface area contributed by atoms with Gasteiger partial charge < -0.3 is 0 Å². The second-order valence-corrected chi connectivity index (χ2v) is 9.39. The summed E-state index contributed by atoms with van der Waals surface area (Å²) in [6.45, 7) is 18.6. The molecule has 0 saturated heterocycles. The van der Waals surface area contributed by atoms with Crippen LogP contribution in [0, 0.1) is 0 Å². The first-order valence-electron chi connectivity index (χ1n) is 7.23. The Morgan fingerprint density at radius 2 is 0.684 bits per heavy atom. The van der Waals surface area contributed by atoms with Gasteiger partial charge in [-0.15, -0.1) is 0 Å². The van der Waals surface area contributed by atoms with Gasteiger partial charge in [-0.05, 0) is 0 Å². The molecule has 0 aromatic heterocycles. The van der Waals surface area contributed by atoms with Gasteiger partial charge in [-0.2, -0.15) is 0 Å². The fourth-order valence-electron chi connectivity index (χ4n) is 3.37. The molecule has 2 radical (unpaired) electrons. The average Bonchev–Trinajstić information content (AvgIpc) is 2.68. The minimum atomic E-state index is -0.0396. The second-order valence-electron chi connectivity index (χ2n) is 6.26. The molecule has 0 aromatic carbocycles. The Balaban J connectivity index is 2.30. The monoisotopic (exact) mass is 316 g/mol. The van der Waals surface area contributed by atoms with Crippen LogP contribution in [-0.2, 0) is 0 Å². The molecule has 0 aromatic rings. The van der Waals surface area contributed by atoms with E-state index in [9.17, 15) is 0 Å². The number of rotatable bonds is 2. The zero-order valence-electron chi connectivity index (χ0n) is 13.7. The van der Waals surface area contributed by atoms with E-state index in [0.29, 0.717) is 0 Å². The van der Waals surface area contributed by atoms with E-state index in [-0.39, 0.29) is 15.4 Å². The summed E-state index contributed by atoms with van der Waals surface area (Å²) in [5, 5.41) is 0. The Labute approximate surface area is 125 Å². The molecule has 2 aliphatic carbocycles.